The quantitative estimate of drug-likeness (QED) is 0.720. The van der Waals surface area contributed by atoms with Gasteiger partial charge in [-0.15, -0.1) is 0 Å². The summed E-state index contributed by atoms with van der Waals surface area (Å²) in [6.45, 7) is 4.72. The van der Waals surface area contributed by atoms with Crippen LogP contribution in [0.4, 0.5) is 5.82 Å². The topological polar surface area (TPSA) is 66.5 Å². The molecule has 2 heterocycles. The van der Waals surface area contributed by atoms with Gasteiger partial charge < -0.3 is 10.3 Å². The predicted molar refractivity (Wildman–Crippen MR) is 50.6 cm³/mol. The highest BCUT2D eigenvalue weighted by Crippen LogP contribution is 2.15. The van der Waals surface area contributed by atoms with E-state index in [2.05, 4.69) is 25.3 Å². The molecule has 2 N–H and O–H groups in total. The Morgan fingerprint density at radius 1 is 1.46 bits per heavy atom. The normalized spacial score (nSPS) is 10.6. The fraction of sp³-hybridized carbons (Fsp3) is 0.375. The fourth-order valence-corrected chi connectivity index (χ4v) is 1.24. The van der Waals surface area contributed by atoms with E-state index >= 15 is 0 Å². The summed E-state index contributed by atoms with van der Waals surface area (Å²) >= 11 is 0. The van der Waals surface area contributed by atoms with Crippen LogP contribution in [0.1, 0.15) is 12.7 Å². The Hall–Kier alpha value is -1.65. The van der Waals surface area contributed by atoms with Crippen molar-refractivity contribution < 1.29 is 0 Å². The Labute approximate surface area is 75.6 Å². The molecule has 0 unspecified atom stereocenters. The second-order valence-electron chi connectivity index (χ2n) is 2.75. The number of H-pyrrole nitrogens is 1. The predicted octanol–water partition coefficient (Wildman–Crippen LogP) is 1.09. The maximum absolute atomic E-state index is 4.27. The standard InChI is InChI=1S/C8H11N5/c1-3-9-7-6-8(11-4-10-6)13-5(2)12-7/h4H,3H2,1-2H3,(H2,9,10,11,12,13). The molecule has 0 aliphatic rings. The van der Waals surface area contributed by atoms with Crippen LogP contribution in [0.15, 0.2) is 6.33 Å². The van der Waals surface area contributed by atoms with Crippen molar-refractivity contribution in [3.63, 3.8) is 0 Å². The van der Waals surface area contributed by atoms with Crippen molar-refractivity contribution in [2.75, 3.05) is 11.9 Å². The van der Waals surface area contributed by atoms with E-state index in [0.717, 1.165) is 23.7 Å². The molecular weight excluding hydrogens is 166 g/mol. The minimum atomic E-state index is 0.712. The zero-order valence-corrected chi connectivity index (χ0v) is 7.63. The number of anilines is 1. The second kappa shape index (κ2) is 3.01. The monoisotopic (exact) mass is 177 g/mol. The number of aryl methyl sites for hydroxylation is 1. The van der Waals surface area contributed by atoms with Crippen LogP contribution >= 0.6 is 0 Å². The maximum Gasteiger partial charge on any atom is 0.183 e. The first kappa shape index (κ1) is 7.97. The lowest BCUT2D eigenvalue weighted by molar-refractivity contribution is 1.06. The van der Waals surface area contributed by atoms with Crippen LogP contribution in [0.25, 0.3) is 11.2 Å². The molecule has 0 aromatic carbocycles. The van der Waals surface area contributed by atoms with Gasteiger partial charge in [0.05, 0.1) is 6.33 Å². The van der Waals surface area contributed by atoms with Gasteiger partial charge in [-0.1, -0.05) is 0 Å². The van der Waals surface area contributed by atoms with Gasteiger partial charge in [0, 0.05) is 6.54 Å². The molecule has 2 aromatic heterocycles. The second-order valence-corrected chi connectivity index (χ2v) is 2.75. The van der Waals surface area contributed by atoms with E-state index in [4.69, 9.17) is 0 Å². The average Bonchev–Trinajstić information content (AvgIpc) is 2.52. The van der Waals surface area contributed by atoms with E-state index in [1.54, 1.807) is 6.33 Å². The molecule has 0 fully saturated rings. The van der Waals surface area contributed by atoms with Crippen LogP contribution < -0.4 is 5.32 Å². The van der Waals surface area contributed by atoms with Crippen molar-refractivity contribution in [1.82, 2.24) is 19.9 Å². The summed E-state index contributed by atoms with van der Waals surface area (Å²) in [7, 11) is 0. The summed E-state index contributed by atoms with van der Waals surface area (Å²) in [6.07, 6.45) is 1.62. The van der Waals surface area contributed by atoms with Crippen LogP contribution in [0, 0.1) is 6.92 Å². The minimum absolute atomic E-state index is 0.712. The number of hydrogen-bond donors (Lipinski definition) is 2. The lowest BCUT2D eigenvalue weighted by Crippen LogP contribution is -2.02. The van der Waals surface area contributed by atoms with Crippen LogP contribution in [-0.2, 0) is 0 Å². The fourth-order valence-electron chi connectivity index (χ4n) is 1.24. The number of aromatic amines is 1. The van der Waals surface area contributed by atoms with Gasteiger partial charge >= 0.3 is 0 Å². The summed E-state index contributed by atoms with van der Waals surface area (Å²) in [5.41, 5.74) is 1.58. The number of hydrogen-bond acceptors (Lipinski definition) is 4. The lowest BCUT2D eigenvalue weighted by atomic mass is 10.4. The van der Waals surface area contributed by atoms with Gasteiger partial charge in [0.2, 0.25) is 0 Å². The molecule has 0 radical (unpaired) electrons. The van der Waals surface area contributed by atoms with E-state index in [9.17, 15) is 0 Å². The number of nitrogens with zero attached hydrogens (tertiary/aromatic N) is 3. The molecule has 68 valence electrons. The highest BCUT2D eigenvalue weighted by Gasteiger charge is 2.05. The van der Waals surface area contributed by atoms with Gasteiger partial charge in [-0.3, -0.25) is 0 Å². The lowest BCUT2D eigenvalue weighted by Gasteiger charge is -2.03. The molecule has 2 rings (SSSR count). The number of nitrogens with one attached hydrogen (secondary N) is 2. The largest absolute Gasteiger partial charge is 0.368 e. The Bertz CT molecular complexity index is 419. The van der Waals surface area contributed by atoms with Crippen molar-refractivity contribution in [2.45, 2.75) is 13.8 Å². The van der Waals surface area contributed by atoms with Gasteiger partial charge in [0.25, 0.3) is 0 Å². The Balaban J connectivity index is 2.63. The first-order valence-electron chi connectivity index (χ1n) is 4.23. The van der Waals surface area contributed by atoms with Gasteiger partial charge in [0.15, 0.2) is 11.5 Å². The summed E-state index contributed by atoms with van der Waals surface area (Å²) in [6, 6.07) is 0. The van der Waals surface area contributed by atoms with Crippen molar-refractivity contribution in [1.29, 1.82) is 0 Å². The molecule has 0 saturated heterocycles. The molecule has 5 nitrogen and oxygen atoms in total. The van der Waals surface area contributed by atoms with Gasteiger partial charge in [-0.05, 0) is 13.8 Å². The number of aromatic nitrogens is 4. The molecule has 5 heteroatoms. The Kier molecular flexibility index (Phi) is 1.84. The van der Waals surface area contributed by atoms with E-state index in [0.29, 0.717) is 5.65 Å². The molecule has 0 aliphatic heterocycles. The maximum atomic E-state index is 4.27. The van der Waals surface area contributed by atoms with Crippen molar-refractivity contribution in [3.8, 4) is 0 Å². The van der Waals surface area contributed by atoms with E-state index < -0.39 is 0 Å². The number of rotatable bonds is 2. The van der Waals surface area contributed by atoms with Crippen molar-refractivity contribution in [2.24, 2.45) is 0 Å². The van der Waals surface area contributed by atoms with Crippen LogP contribution in [0.5, 0.6) is 0 Å². The first-order chi connectivity index (χ1) is 6.31. The van der Waals surface area contributed by atoms with E-state index in [1.807, 2.05) is 13.8 Å². The molecule has 0 bridgehead atoms. The zero-order chi connectivity index (χ0) is 9.26. The Morgan fingerprint density at radius 2 is 2.31 bits per heavy atom. The summed E-state index contributed by atoms with van der Waals surface area (Å²) in [5, 5.41) is 3.16. The number of imidazole rings is 1. The summed E-state index contributed by atoms with van der Waals surface area (Å²) < 4.78 is 0. The highest BCUT2D eigenvalue weighted by atomic mass is 15.1. The molecule has 0 spiro atoms. The van der Waals surface area contributed by atoms with Crippen molar-refractivity contribution >= 4 is 17.0 Å². The van der Waals surface area contributed by atoms with Gasteiger partial charge in [-0.2, -0.15) is 0 Å². The molecule has 0 amide bonds. The van der Waals surface area contributed by atoms with E-state index in [1.165, 1.54) is 0 Å². The third kappa shape index (κ3) is 1.32. The van der Waals surface area contributed by atoms with Crippen molar-refractivity contribution in [3.05, 3.63) is 12.2 Å². The zero-order valence-electron chi connectivity index (χ0n) is 7.63. The molecule has 0 saturated carbocycles. The SMILES string of the molecule is CCNc1nc(C)nc2nc[nH]c12. The molecular formula is C8H11N5. The average molecular weight is 177 g/mol. The van der Waals surface area contributed by atoms with Gasteiger partial charge in [0.1, 0.15) is 11.3 Å². The summed E-state index contributed by atoms with van der Waals surface area (Å²) in [4.78, 5) is 15.5. The third-order valence-electron chi connectivity index (χ3n) is 1.74. The van der Waals surface area contributed by atoms with Crippen LogP contribution in [-0.4, -0.2) is 26.5 Å². The molecule has 0 atom stereocenters. The molecule has 0 aliphatic carbocycles. The highest BCUT2D eigenvalue weighted by molar-refractivity contribution is 5.82. The van der Waals surface area contributed by atoms with Crippen LogP contribution in [0.2, 0.25) is 0 Å². The molecule has 2 aromatic rings. The van der Waals surface area contributed by atoms with E-state index in [-0.39, 0.29) is 0 Å². The summed E-state index contributed by atoms with van der Waals surface area (Å²) in [5.74, 6) is 1.55. The number of fused-ring (bicyclic) bond motifs is 1. The van der Waals surface area contributed by atoms with Gasteiger partial charge in [-0.25, -0.2) is 15.0 Å². The minimum Gasteiger partial charge on any atom is -0.368 e. The smallest absolute Gasteiger partial charge is 0.183 e. The molecule has 13 heavy (non-hydrogen) atoms. The third-order valence-corrected chi connectivity index (χ3v) is 1.74. The van der Waals surface area contributed by atoms with Crippen LogP contribution in [0.3, 0.4) is 0 Å². The first-order valence-corrected chi connectivity index (χ1v) is 4.23. The Morgan fingerprint density at radius 3 is 3.08 bits per heavy atom.